The monoisotopic (exact) mass is 666 g/mol. The Bertz CT molecular complexity index is 1730. The molecule has 1 amide bonds. The number of methoxy groups -OCH3 is 1. The highest BCUT2D eigenvalue weighted by atomic mass is 32.1. The van der Waals surface area contributed by atoms with Crippen LogP contribution in [0.2, 0.25) is 0 Å². The molecule has 1 aliphatic heterocycles. The lowest BCUT2D eigenvalue weighted by Gasteiger charge is -2.47. The first-order valence-electron chi connectivity index (χ1n) is 15.1. The molecule has 3 heterocycles. The number of nitrogens with two attached hydrogens (primary N) is 2. The van der Waals surface area contributed by atoms with Crippen LogP contribution in [-0.2, 0) is 9.53 Å². The van der Waals surface area contributed by atoms with Crippen molar-refractivity contribution < 1.29 is 38.8 Å². The van der Waals surface area contributed by atoms with E-state index in [1.54, 1.807) is 24.0 Å². The number of carbonyl (C=O) groups is 2. The van der Waals surface area contributed by atoms with Crippen molar-refractivity contribution in [3.05, 3.63) is 53.4 Å². The Kier molecular flexibility index (Phi) is 7.90. The van der Waals surface area contributed by atoms with E-state index in [0.717, 1.165) is 4.90 Å². The van der Waals surface area contributed by atoms with Crippen molar-refractivity contribution in [3.8, 4) is 22.6 Å². The van der Waals surface area contributed by atoms with Gasteiger partial charge in [-0.2, -0.15) is 5.26 Å². The van der Waals surface area contributed by atoms with E-state index in [9.17, 15) is 30.2 Å². The number of nitrogens with zero attached hydrogens (tertiary/aromatic N) is 4. The molecule has 2 fully saturated rings. The number of nitriles is 1. The molecule has 2 aliphatic carbocycles. The number of rotatable bonds is 9. The second kappa shape index (κ2) is 11.3. The second-order valence-corrected chi connectivity index (χ2v) is 14.3. The number of aliphatic hydroxyl groups excluding tert-OH is 1. The van der Waals surface area contributed by atoms with Crippen LogP contribution in [0.3, 0.4) is 0 Å². The molecule has 4 unspecified atom stereocenters. The fourth-order valence-electron chi connectivity index (χ4n) is 7.41. The Labute approximate surface area is 275 Å². The lowest BCUT2D eigenvalue weighted by Crippen LogP contribution is -2.65. The third-order valence-corrected chi connectivity index (χ3v) is 11.2. The summed E-state index contributed by atoms with van der Waals surface area (Å²) in [5, 5.41) is 42.7. The maximum atomic E-state index is 14.0. The zero-order valence-electron chi connectivity index (χ0n) is 26.5. The number of oxazole rings is 1. The fourth-order valence-corrected chi connectivity index (χ4v) is 8.68. The minimum Gasteiger partial charge on any atom is -0.496 e. The zero-order valence-corrected chi connectivity index (χ0v) is 27.3. The molecule has 1 aromatic carbocycles. The minimum absolute atomic E-state index is 0.000208. The summed E-state index contributed by atoms with van der Waals surface area (Å²) in [6.45, 7) is 4.38. The van der Waals surface area contributed by atoms with Crippen molar-refractivity contribution in [3.63, 3.8) is 0 Å². The van der Waals surface area contributed by atoms with Crippen LogP contribution in [0.1, 0.15) is 67.1 Å². The van der Waals surface area contributed by atoms with E-state index < -0.39 is 52.7 Å². The molecule has 7 N–H and O–H groups in total. The number of thiophene rings is 1. The SMILES string of the molecule is COc1ccccc1C(CN1c2sc(-c3ncco3)c(C)c2C(=O)N(C(C)(C)C(=O)O)C1O)OC1C[C@@]2(N)CC(O)(C#N)C[C@@]2(N)C1. The summed E-state index contributed by atoms with van der Waals surface area (Å²) in [5.74, 6) is -1.17. The van der Waals surface area contributed by atoms with Gasteiger partial charge >= 0.3 is 5.97 Å². The molecule has 15 heteroatoms. The van der Waals surface area contributed by atoms with Crippen molar-refractivity contribution in [2.75, 3.05) is 18.6 Å². The highest BCUT2D eigenvalue weighted by Crippen LogP contribution is 2.53. The van der Waals surface area contributed by atoms with E-state index >= 15 is 0 Å². The number of carbonyl (C=O) groups excluding carboxylic acids is 1. The molecule has 3 aliphatic rings. The van der Waals surface area contributed by atoms with Crippen molar-refractivity contribution in [1.29, 1.82) is 5.26 Å². The molecule has 0 spiro atoms. The van der Waals surface area contributed by atoms with E-state index in [1.165, 1.54) is 44.8 Å². The number of hydrogen-bond donors (Lipinski definition) is 5. The summed E-state index contributed by atoms with van der Waals surface area (Å²) in [6.07, 6.45) is 0.395. The number of carboxylic acids is 1. The Morgan fingerprint density at radius 3 is 2.51 bits per heavy atom. The van der Waals surface area contributed by atoms with Crippen molar-refractivity contribution in [1.82, 2.24) is 9.88 Å². The molecule has 0 radical (unpaired) electrons. The Hall–Kier alpha value is -4.04. The van der Waals surface area contributed by atoms with E-state index in [-0.39, 0.29) is 43.7 Å². The third kappa shape index (κ3) is 5.16. The fraction of sp³-hybridized carbons (Fsp3) is 0.500. The first-order valence-corrected chi connectivity index (χ1v) is 15.9. The predicted molar refractivity (Wildman–Crippen MR) is 169 cm³/mol. The first-order chi connectivity index (χ1) is 22.1. The zero-order chi connectivity index (χ0) is 34.1. The maximum absolute atomic E-state index is 14.0. The number of ether oxygens (including phenoxy) is 2. The number of para-hydroxylation sites is 1. The van der Waals surface area contributed by atoms with E-state index in [2.05, 4.69) is 4.98 Å². The van der Waals surface area contributed by atoms with Crippen LogP contribution in [0.25, 0.3) is 10.8 Å². The summed E-state index contributed by atoms with van der Waals surface area (Å²) in [5.41, 5.74) is 9.33. The van der Waals surface area contributed by atoms with E-state index in [0.29, 0.717) is 26.8 Å². The predicted octanol–water partition coefficient (Wildman–Crippen LogP) is 2.49. The number of carboxylic acid groups (broad SMARTS) is 1. The van der Waals surface area contributed by atoms with Crippen LogP contribution in [0.15, 0.2) is 41.1 Å². The topological polar surface area (TPSA) is 222 Å². The van der Waals surface area contributed by atoms with E-state index in [1.807, 2.05) is 18.2 Å². The summed E-state index contributed by atoms with van der Waals surface area (Å²) >= 11 is 1.19. The number of amides is 1. The summed E-state index contributed by atoms with van der Waals surface area (Å²) in [7, 11) is 1.53. The number of aliphatic hydroxyl groups is 2. The molecule has 2 saturated carbocycles. The molecular formula is C32H38N6O8S. The van der Waals surface area contributed by atoms with Gasteiger partial charge in [0.2, 0.25) is 12.2 Å². The summed E-state index contributed by atoms with van der Waals surface area (Å²) in [4.78, 5) is 33.8. The van der Waals surface area contributed by atoms with Gasteiger partial charge < -0.3 is 45.6 Å². The van der Waals surface area contributed by atoms with Gasteiger partial charge in [0.15, 0.2) is 5.60 Å². The standard InChI is InChI=1S/C32H38N6O8S/c1-17-22-25(39)38(29(2,3)27(40)41)28(42)37(26(22)47-23(17)24-36-9-10-45-24)13-21(19-7-5-6-8-20(19)44-4)46-18-11-31(34)14-30(43,16-33)15-32(31,35)12-18/h5-10,18,21,28,42-43H,11-15,34-35H2,1-4H3,(H,40,41)/t18?,21?,28?,30?,31-,32+. The van der Waals surface area contributed by atoms with E-state index in [4.69, 9.17) is 25.4 Å². The van der Waals surface area contributed by atoms with Crippen molar-refractivity contribution >= 4 is 28.2 Å². The lowest BCUT2D eigenvalue weighted by molar-refractivity contribution is -0.154. The number of anilines is 1. The average molecular weight is 667 g/mol. The van der Waals surface area contributed by atoms with Gasteiger partial charge in [0.25, 0.3) is 5.91 Å². The smallest absolute Gasteiger partial charge is 0.329 e. The Balaban J connectivity index is 1.43. The first kappa shape index (κ1) is 32.9. The molecule has 3 aromatic rings. The summed E-state index contributed by atoms with van der Waals surface area (Å²) < 4.78 is 18.0. The maximum Gasteiger partial charge on any atom is 0.329 e. The van der Waals surface area contributed by atoms with Crippen LogP contribution >= 0.6 is 11.3 Å². The van der Waals surface area contributed by atoms with Gasteiger partial charge in [-0.25, -0.2) is 9.78 Å². The molecule has 47 heavy (non-hydrogen) atoms. The molecule has 6 rings (SSSR count). The number of hydrogen-bond acceptors (Lipinski definition) is 13. The van der Waals surface area contributed by atoms with Crippen molar-refractivity contribution in [2.45, 2.75) is 87.2 Å². The van der Waals surface area contributed by atoms with Gasteiger partial charge in [-0.1, -0.05) is 18.2 Å². The molecule has 2 aromatic heterocycles. The van der Waals surface area contributed by atoms with Crippen LogP contribution in [0, 0.1) is 18.3 Å². The van der Waals surface area contributed by atoms with Gasteiger partial charge in [0, 0.05) is 29.5 Å². The second-order valence-electron chi connectivity index (χ2n) is 13.3. The molecule has 250 valence electrons. The van der Waals surface area contributed by atoms with Gasteiger partial charge in [0.05, 0.1) is 42.5 Å². The highest BCUT2D eigenvalue weighted by molar-refractivity contribution is 7.20. The average Bonchev–Trinajstić information content (AvgIpc) is 3.74. The van der Waals surface area contributed by atoms with Gasteiger partial charge in [-0.15, -0.1) is 11.3 Å². The molecule has 14 nitrogen and oxygen atoms in total. The molecule has 0 bridgehead atoms. The number of benzene rings is 1. The van der Waals surface area contributed by atoms with Crippen molar-refractivity contribution in [2.24, 2.45) is 11.5 Å². The largest absolute Gasteiger partial charge is 0.496 e. The lowest BCUT2D eigenvalue weighted by atomic mass is 9.85. The van der Waals surface area contributed by atoms with Crippen LogP contribution in [0.5, 0.6) is 5.75 Å². The van der Waals surface area contributed by atoms with Gasteiger partial charge in [-0.05, 0) is 45.2 Å². The van der Waals surface area contributed by atoms with Gasteiger partial charge in [0.1, 0.15) is 28.7 Å². The van der Waals surface area contributed by atoms with Crippen LogP contribution < -0.4 is 21.1 Å². The number of aromatic nitrogens is 1. The molecular weight excluding hydrogens is 628 g/mol. The Morgan fingerprint density at radius 1 is 1.28 bits per heavy atom. The van der Waals surface area contributed by atoms with Gasteiger partial charge in [-0.3, -0.25) is 9.69 Å². The normalized spacial score (nSPS) is 29.4. The quantitative estimate of drug-likeness (QED) is 0.207. The van der Waals surface area contributed by atoms with Crippen LogP contribution in [-0.4, -0.2) is 85.4 Å². The highest BCUT2D eigenvalue weighted by Gasteiger charge is 2.65. The van der Waals surface area contributed by atoms with Crippen LogP contribution in [0.4, 0.5) is 5.00 Å². The number of aliphatic carboxylic acids is 1. The molecule has 6 atom stereocenters. The minimum atomic E-state index is -1.80. The Morgan fingerprint density at radius 2 is 1.94 bits per heavy atom. The summed E-state index contributed by atoms with van der Waals surface area (Å²) in [6, 6.07) is 9.17. The third-order valence-electron chi connectivity index (χ3n) is 9.89. The number of fused-ring (bicyclic) bond motifs is 2. The molecule has 0 saturated heterocycles.